The number of hydrogen-bond acceptors (Lipinski definition) is 3. The van der Waals surface area contributed by atoms with Gasteiger partial charge in [0.1, 0.15) is 0 Å². The molecule has 2 aromatic rings. The van der Waals surface area contributed by atoms with Gasteiger partial charge in [-0.25, -0.2) is 0 Å². The minimum atomic E-state index is 0.123. The van der Waals surface area contributed by atoms with Crippen molar-refractivity contribution in [2.75, 3.05) is 5.32 Å². The van der Waals surface area contributed by atoms with Crippen molar-refractivity contribution in [3.05, 3.63) is 65.2 Å². The van der Waals surface area contributed by atoms with Crippen LogP contribution in [-0.2, 0) is 6.54 Å². The average molecular weight is 283 g/mol. The Morgan fingerprint density at radius 1 is 1.19 bits per heavy atom. The molecule has 110 valence electrons. The average Bonchev–Trinajstić information content (AvgIpc) is 2.52. The Morgan fingerprint density at radius 3 is 2.52 bits per heavy atom. The molecular formula is C17H21N3O. The molecule has 21 heavy (non-hydrogen) atoms. The van der Waals surface area contributed by atoms with E-state index in [9.17, 15) is 0 Å². The number of amidine groups is 1. The van der Waals surface area contributed by atoms with E-state index in [0.717, 1.165) is 11.3 Å². The lowest BCUT2D eigenvalue weighted by atomic mass is 10.0. The Hall–Kier alpha value is -2.49. The molecule has 0 spiro atoms. The van der Waals surface area contributed by atoms with Crippen molar-refractivity contribution in [1.29, 1.82) is 0 Å². The fourth-order valence-electron chi connectivity index (χ4n) is 2.09. The van der Waals surface area contributed by atoms with Crippen LogP contribution in [0.3, 0.4) is 0 Å². The Labute approximate surface area is 125 Å². The number of anilines is 1. The van der Waals surface area contributed by atoms with Gasteiger partial charge in [0.05, 0.1) is 0 Å². The van der Waals surface area contributed by atoms with E-state index in [1.807, 2.05) is 24.3 Å². The Kier molecular flexibility index (Phi) is 4.82. The van der Waals surface area contributed by atoms with Crippen LogP contribution < -0.4 is 11.1 Å². The van der Waals surface area contributed by atoms with E-state index >= 15 is 0 Å². The van der Waals surface area contributed by atoms with Gasteiger partial charge < -0.3 is 16.3 Å². The second-order valence-corrected chi connectivity index (χ2v) is 5.32. The zero-order valence-corrected chi connectivity index (χ0v) is 12.4. The van der Waals surface area contributed by atoms with E-state index < -0.39 is 0 Å². The lowest BCUT2D eigenvalue weighted by molar-refractivity contribution is 0.318. The highest BCUT2D eigenvalue weighted by Crippen LogP contribution is 2.17. The number of nitrogens with one attached hydrogen (secondary N) is 1. The fourth-order valence-corrected chi connectivity index (χ4v) is 2.09. The van der Waals surface area contributed by atoms with Gasteiger partial charge >= 0.3 is 0 Å². The van der Waals surface area contributed by atoms with Crippen LogP contribution in [0.4, 0.5) is 5.69 Å². The Balaban J connectivity index is 2.03. The van der Waals surface area contributed by atoms with Crippen LogP contribution in [0.1, 0.15) is 36.5 Å². The first-order valence-corrected chi connectivity index (χ1v) is 7.01. The highest BCUT2D eigenvalue weighted by Gasteiger charge is 2.02. The number of oxime groups is 1. The van der Waals surface area contributed by atoms with Gasteiger partial charge in [0.25, 0.3) is 0 Å². The van der Waals surface area contributed by atoms with Crippen molar-refractivity contribution in [3.63, 3.8) is 0 Å². The molecule has 2 aromatic carbocycles. The van der Waals surface area contributed by atoms with Crippen LogP contribution in [-0.4, -0.2) is 11.0 Å². The largest absolute Gasteiger partial charge is 0.409 e. The van der Waals surface area contributed by atoms with Gasteiger partial charge in [0, 0.05) is 17.8 Å². The van der Waals surface area contributed by atoms with Crippen LogP contribution in [0.25, 0.3) is 0 Å². The first-order valence-electron chi connectivity index (χ1n) is 7.01. The third-order valence-electron chi connectivity index (χ3n) is 3.40. The summed E-state index contributed by atoms with van der Waals surface area (Å²) in [6.45, 7) is 5.05. The van der Waals surface area contributed by atoms with Crippen molar-refractivity contribution >= 4 is 11.5 Å². The second-order valence-electron chi connectivity index (χ2n) is 5.32. The summed E-state index contributed by atoms with van der Waals surface area (Å²) in [5.41, 5.74) is 9.79. The maximum absolute atomic E-state index is 8.71. The third kappa shape index (κ3) is 3.99. The third-order valence-corrected chi connectivity index (χ3v) is 3.40. The minimum absolute atomic E-state index is 0.123. The molecule has 4 nitrogen and oxygen atoms in total. The van der Waals surface area contributed by atoms with Gasteiger partial charge in [-0.15, -0.1) is 0 Å². The monoisotopic (exact) mass is 283 g/mol. The highest BCUT2D eigenvalue weighted by molar-refractivity contribution is 5.97. The lowest BCUT2D eigenvalue weighted by Gasteiger charge is -2.10. The van der Waals surface area contributed by atoms with Crippen molar-refractivity contribution in [3.8, 4) is 0 Å². The SMILES string of the molecule is CC(C)c1ccc(NCc2cccc(C(N)=NO)c2)cc1. The quantitative estimate of drug-likeness (QED) is 0.340. The molecule has 0 saturated carbocycles. The standard InChI is InChI=1S/C17H21N3O/c1-12(2)14-6-8-16(9-7-14)19-11-13-4-3-5-15(10-13)17(18)20-21/h3-10,12,19,21H,11H2,1-2H3,(H2,18,20). The van der Waals surface area contributed by atoms with Gasteiger partial charge in [0.2, 0.25) is 0 Å². The molecule has 0 fully saturated rings. The number of rotatable bonds is 5. The van der Waals surface area contributed by atoms with E-state index in [1.54, 1.807) is 0 Å². The van der Waals surface area contributed by atoms with Crippen LogP contribution in [0.5, 0.6) is 0 Å². The minimum Gasteiger partial charge on any atom is -0.409 e. The number of benzene rings is 2. The first kappa shape index (κ1) is 14.9. The van der Waals surface area contributed by atoms with E-state index in [-0.39, 0.29) is 5.84 Å². The highest BCUT2D eigenvalue weighted by atomic mass is 16.4. The van der Waals surface area contributed by atoms with Crippen molar-refractivity contribution in [1.82, 2.24) is 0 Å². The normalized spacial score (nSPS) is 11.7. The smallest absolute Gasteiger partial charge is 0.170 e. The fraction of sp³-hybridized carbons (Fsp3) is 0.235. The van der Waals surface area contributed by atoms with Crippen LogP contribution in [0.2, 0.25) is 0 Å². The summed E-state index contributed by atoms with van der Waals surface area (Å²) in [6.07, 6.45) is 0. The zero-order valence-electron chi connectivity index (χ0n) is 12.4. The van der Waals surface area contributed by atoms with Crippen LogP contribution in [0.15, 0.2) is 53.7 Å². The van der Waals surface area contributed by atoms with E-state index in [1.165, 1.54) is 5.56 Å². The molecule has 0 radical (unpaired) electrons. The van der Waals surface area contributed by atoms with Gasteiger partial charge in [-0.1, -0.05) is 49.3 Å². The molecule has 0 amide bonds. The summed E-state index contributed by atoms with van der Waals surface area (Å²) in [5, 5.41) is 15.1. The van der Waals surface area contributed by atoms with Gasteiger partial charge in [-0.05, 0) is 35.2 Å². The molecule has 0 heterocycles. The molecular weight excluding hydrogens is 262 g/mol. The topological polar surface area (TPSA) is 70.6 Å². The molecule has 0 aliphatic carbocycles. The lowest BCUT2D eigenvalue weighted by Crippen LogP contribution is -2.13. The Bertz CT molecular complexity index is 618. The maximum Gasteiger partial charge on any atom is 0.170 e. The molecule has 0 aliphatic heterocycles. The summed E-state index contributed by atoms with van der Waals surface area (Å²) in [7, 11) is 0. The Morgan fingerprint density at radius 2 is 1.90 bits per heavy atom. The molecule has 0 bridgehead atoms. The van der Waals surface area contributed by atoms with Crippen molar-refractivity contribution in [2.45, 2.75) is 26.3 Å². The molecule has 0 atom stereocenters. The van der Waals surface area contributed by atoms with Crippen LogP contribution >= 0.6 is 0 Å². The molecule has 0 saturated heterocycles. The maximum atomic E-state index is 8.71. The molecule has 4 N–H and O–H groups in total. The van der Waals surface area contributed by atoms with Gasteiger partial charge in [-0.3, -0.25) is 0 Å². The van der Waals surface area contributed by atoms with Crippen LogP contribution in [0, 0.1) is 0 Å². The molecule has 2 rings (SSSR count). The van der Waals surface area contributed by atoms with E-state index in [2.05, 4.69) is 48.6 Å². The summed E-state index contributed by atoms with van der Waals surface area (Å²) in [4.78, 5) is 0. The van der Waals surface area contributed by atoms with Gasteiger partial charge in [-0.2, -0.15) is 0 Å². The number of hydrogen-bond donors (Lipinski definition) is 3. The van der Waals surface area contributed by atoms with E-state index in [0.29, 0.717) is 18.0 Å². The number of nitrogens with two attached hydrogens (primary N) is 1. The molecule has 0 aromatic heterocycles. The number of nitrogens with zero attached hydrogens (tertiary/aromatic N) is 1. The first-order chi connectivity index (χ1) is 10.1. The predicted octanol–water partition coefficient (Wildman–Crippen LogP) is 3.52. The van der Waals surface area contributed by atoms with E-state index in [4.69, 9.17) is 10.9 Å². The molecule has 4 heteroatoms. The van der Waals surface area contributed by atoms with Gasteiger partial charge in [0.15, 0.2) is 5.84 Å². The summed E-state index contributed by atoms with van der Waals surface area (Å²) >= 11 is 0. The van der Waals surface area contributed by atoms with Crippen molar-refractivity contribution < 1.29 is 5.21 Å². The molecule has 0 unspecified atom stereocenters. The second kappa shape index (κ2) is 6.79. The predicted molar refractivity (Wildman–Crippen MR) is 86.8 cm³/mol. The van der Waals surface area contributed by atoms with Crippen molar-refractivity contribution in [2.24, 2.45) is 10.9 Å². The summed E-state index contributed by atoms with van der Waals surface area (Å²) in [6, 6.07) is 16.1. The molecule has 0 aliphatic rings. The zero-order chi connectivity index (χ0) is 15.2. The summed E-state index contributed by atoms with van der Waals surface area (Å²) < 4.78 is 0. The summed E-state index contributed by atoms with van der Waals surface area (Å²) in [5.74, 6) is 0.662.